The number of aromatic nitrogens is 1. The third kappa shape index (κ3) is 2.61. The number of H-pyrrole nitrogens is 1. The fourth-order valence-electron chi connectivity index (χ4n) is 2.80. The molecular formula is C15H18FNO4. The Bertz CT molecular complexity index is 572. The van der Waals surface area contributed by atoms with Gasteiger partial charge < -0.3 is 19.2 Å². The van der Waals surface area contributed by atoms with Crippen molar-refractivity contribution in [1.29, 1.82) is 0 Å². The van der Waals surface area contributed by atoms with Gasteiger partial charge in [0, 0.05) is 24.6 Å². The fraction of sp³-hybridized carbons (Fsp3) is 0.533. The Kier molecular flexibility index (Phi) is 3.82. The van der Waals surface area contributed by atoms with Gasteiger partial charge in [-0.2, -0.15) is 0 Å². The number of hydrogen-bond donors (Lipinski definition) is 1. The molecule has 0 saturated carbocycles. The second kappa shape index (κ2) is 5.61. The van der Waals surface area contributed by atoms with Gasteiger partial charge in [0.25, 0.3) is 0 Å². The minimum absolute atomic E-state index is 0.124. The molecule has 1 N–H and O–H groups in total. The van der Waals surface area contributed by atoms with E-state index in [1.165, 1.54) is 6.20 Å². The molecule has 2 heterocycles. The number of allylic oxidation sites excluding steroid dienone is 1. The van der Waals surface area contributed by atoms with Gasteiger partial charge in [0.2, 0.25) is 0 Å². The van der Waals surface area contributed by atoms with Crippen LogP contribution < -0.4 is 0 Å². The number of rotatable bonds is 3. The standard InChI is InChI=1S/C15H18FNO4/c1-2-19-14(18)13-12(16)11(9-17-13)10-3-5-15(6-4-10)20-7-8-21-15/h3,9,17H,2,4-8H2,1H3. The Morgan fingerprint density at radius 3 is 2.86 bits per heavy atom. The molecule has 0 atom stereocenters. The van der Waals surface area contributed by atoms with E-state index in [1.807, 2.05) is 6.08 Å². The minimum atomic E-state index is -0.670. The maximum Gasteiger partial charge on any atom is 0.357 e. The van der Waals surface area contributed by atoms with Gasteiger partial charge in [0.15, 0.2) is 17.3 Å². The van der Waals surface area contributed by atoms with Crippen molar-refractivity contribution in [3.8, 4) is 0 Å². The first-order valence-corrected chi connectivity index (χ1v) is 7.16. The molecule has 1 spiro atoms. The first-order valence-electron chi connectivity index (χ1n) is 7.16. The molecule has 6 heteroatoms. The number of nitrogens with one attached hydrogen (secondary N) is 1. The minimum Gasteiger partial charge on any atom is -0.461 e. The highest BCUT2D eigenvalue weighted by Crippen LogP contribution is 2.39. The van der Waals surface area contributed by atoms with Gasteiger partial charge in [-0.25, -0.2) is 9.18 Å². The molecule has 0 unspecified atom stereocenters. The zero-order chi connectivity index (χ0) is 14.9. The molecule has 1 saturated heterocycles. The summed E-state index contributed by atoms with van der Waals surface area (Å²) in [7, 11) is 0. The molecule has 114 valence electrons. The Labute approximate surface area is 122 Å². The van der Waals surface area contributed by atoms with E-state index in [2.05, 4.69) is 4.98 Å². The summed E-state index contributed by atoms with van der Waals surface area (Å²) >= 11 is 0. The van der Waals surface area contributed by atoms with Gasteiger partial charge in [0.05, 0.1) is 19.8 Å². The van der Waals surface area contributed by atoms with Crippen LogP contribution in [0.4, 0.5) is 4.39 Å². The van der Waals surface area contributed by atoms with Gasteiger partial charge in [-0.15, -0.1) is 0 Å². The molecule has 2 aliphatic rings. The topological polar surface area (TPSA) is 60.6 Å². The van der Waals surface area contributed by atoms with Crippen LogP contribution in [0.2, 0.25) is 0 Å². The number of hydrogen-bond acceptors (Lipinski definition) is 4. The summed E-state index contributed by atoms with van der Waals surface area (Å²) in [6.07, 6.45) is 5.38. The molecule has 0 radical (unpaired) electrons. The molecule has 5 nitrogen and oxygen atoms in total. The fourth-order valence-corrected chi connectivity index (χ4v) is 2.80. The summed E-state index contributed by atoms with van der Waals surface area (Å²) in [5.74, 6) is -1.75. The van der Waals surface area contributed by atoms with Gasteiger partial charge in [-0.3, -0.25) is 0 Å². The van der Waals surface area contributed by atoms with Crippen LogP contribution in [0.15, 0.2) is 12.3 Å². The number of halogens is 1. The predicted octanol–water partition coefficient (Wildman–Crippen LogP) is 2.64. The highest BCUT2D eigenvalue weighted by Gasteiger charge is 2.38. The molecule has 1 aromatic heterocycles. The monoisotopic (exact) mass is 295 g/mol. The third-order valence-electron chi connectivity index (χ3n) is 3.89. The molecule has 1 aromatic rings. The van der Waals surface area contributed by atoms with E-state index >= 15 is 0 Å². The predicted molar refractivity (Wildman–Crippen MR) is 73.2 cm³/mol. The molecule has 3 rings (SSSR count). The van der Waals surface area contributed by atoms with Crippen molar-refractivity contribution in [1.82, 2.24) is 4.98 Å². The summed E-state index contributed by atoms with van der Waals surface area (Å²) in [6.45, 7) is 3.11. The Morgan fingerprint density at radius 2 is 2.24 bits per heavy atom. The number of carbonyl (C=O) groups excluding carboxylic acids is 1. The van der Waals surface area contributed by atoms with Crippen molar-refractivity contribution in [3.63, 3.8) is 0 Å². The largest absolute Gasteiger partial charge is 0.461 e. The summed E-state index contributed by atoms with van der Waals surface area (Å²) < 4.78 is 30.4. The van der Waals surface area contributed by atoms with Crippen molar-refractivity contribution in [3.05, 3.63) is 29.3 Å². The average Bonchev–Trinajstić information content (AvgIpc) is 3.08. The Morgan fingerprint density at radius 1 is 1.48 bits per heavy atom. The summed E-state index contributed by atoms with van der Waals surface area (Å²) in [5, 5.41) is 0. The molecule has 21 heavy (non-hydrogen) atoms. The van der Waals surface area contributed by atoms with Crippen LogP contribution in [0, 0.1) is 5.82 Å². The van der Waals surface area contributed by atoms with Crippen LogP contribution in [0.1, 0.15) is 42.2 Å². The maximum absolute atomic E-state index is 14.3. The number of carbonyl (C=O) groups is 1. The van der Waals surface area contributed by atoms with Crippen LogP contribution in [0.25, 0.3) is 5.57 Å². The summed E-state index contributed by atoms with van der Waals surface area (Å²) in [4.78, 5) is 14.3. The third-order valence-corrected chi connectivity index (χ3v) is 3.89. The molecule has 1 aliphatic heterocycles. The van der Waals surface area contributed by atoms with Crippen molar-refractivity contribution < 1.29 is 23.4 Å². The zero-order valence-corrected chi connectivity index (χ0v) is 11.9. The normalized spacial score (nSPS) is 20.6. The lowest BCUT2D eigenvalue weighted by molar-refractivity contribution is -0.159. The highest BCUT2D eigenvalue weighted by molar-refractivity contribution is 5.89. The van der Waals surface area contributed by atoms with Crippen molar-refractivity contribution >= 4 is 11.5 Å². The molecule has 0 aromatic carbocycles. The van der Waals surface area contributed by atoms with E-state index in [-0.39, 0.29) is 12.3 Å². The Balaban J connectivity index is 1.79. The highest BCUT2D eigenvalue weighted by atomic mass is 19.1. The number of esters is 1. The maximum atomic E-state index is 14.3. The summed E-state index contributed by atoms with van der Waals surface area (Å²) in [6, 6.07) is 0. The van der Waals surface area contributed by atoms with E-state index in [0.717, 1.165) is 5.57 Å². The second-order valence-electron chi connectivity index (χ2n) is 5.15. The van der Waals surface area contributed by atoms with Crippen molar-refractivity contribution in [2.75, 3.05) is 19.8 Å². The lowest BCUT2D eigenvalue weighted by Gasteiger charge is -2.30. The zero-order valence-electron chi connectivity index (χ0n) is 11.9. The molecule has 0 bridgehead atoms. The van der Waals surface area contributed by atoms with Crippen LogP contribution in [0.5, 0.6) is 0 Å². The SMILES string of the molecule is CCOC(=O)c1[nH]cc(C2=CCC3(CC2)OCCO3)c1F. The lowest BCUT2D eigenvalue weighted by atomic mass is 9.90. The first kappa shape index (κ1) is 14.3. The second-order valence-corrected chi connectivity index (χ2v) is 5.15. The quantitative estimate of drug-likeness (QED) is 0.871. The smallest absolute Gasteiger partial charge is 0.357 e. The van der Waals surface area contributed by atoms with Crippen LogP contribution in [0.3, 0.4) is 0 Å². The van der Waals surface area contributed by atoms with Gasteiger partial charge in [-0.05, 0) is 18.9 Å². The van der Waals surface area contributed by atoms with Crippen LogP contribution in [-0.4, -0.2) is 36.6 Å². The van der Waals surface area contributed by atoms with E-state index < -0.39 is 17.6 Å². The van der Waals surface area contributed by atoms with E-state index in [4.69, 9.17) is 14.2 Å². The van der Waals surface area contributed by atoms with Gasteiger partial charge >= 0.3 is 5.97 Å². The van der Waals surface area contributed by atoms with Gasteiger partial charge in [0.1, 0.15) is 0 Å². The first-order chi connectivity index (χ1) is 10.2. The number of ether oxygens (including phenoxy) is 3. The van der Waals surface area contributed by atoms with E-state index in [0.29, 0.717) is 38.0 Å². The molecule has 1 fully saturated rings. The average molecular weight is 295 g/mol. The van der Waals surface area contributed by atoms with E-state index in [9.17, 15) is 9.18 Å². The number of aromatic amines is 1. The van der Waals surface area contributed by atoms with Crippen molar-refractivity contribution in [2.45, 2.75) is 32.0 Å². The Hall–Kier alpha value is -1.66. The lowest BCUT2D eigenvalue weighted by Crippen LogP contribution is -2.31. The van der Waals surface area contributed by atoms with Crippen LogP contribution >= 0.6 is 0 Å². The van der Waals surface area contributed by atoms with Crippen molar-refractivity contribution in [2.24, 2.45) is 0 Å². The van der Waals surface area contributed by atoms with Gasteiger partial charge in [-0.1, -0.05) is 6.08 Å². The molecular weight excluding hydrogens is 277 g/mol. The molecule has 0 amide bonds. The van der Waals surface area contributed by atoms with E-state index in [1.54, 1.807) is 6.92 Å². The molecule has 1 aliphatic carbocycles. The van der Waals surface area contributed by atoms with Crippen LogP contribution in [-0.2, 0) is 14.2 Å². The summed E-state index contributed by atoms with van der Waals surface area (Å²) in [5.41, 5.74) is 1.16.